The van der Waals surface area contributed by atoms with E-state index in [2.05, 4.69) is 20.1 Å². The summed E-state index contributed by atoms with van der Waals surface area (Å²) in [5.74, 6) is 0.799. The van der Waals surface area contributed by atoms with E-state index in [0.29, 0.717) is 12.5 Å². The zero-order chi connectivity index (χ0) is 16.7. The Morgan fingerprint density at radius 2 is 2.00 bits per heavy atom. The first-order valence-electron chi connectivity index (χ1n) is 7.77. The lowest BCUT2D eigenvalue weighted by Crippen LogP contribution is -2.24. The van der Waals surface area contributed by atoms with Crippen LogP contribution in [0.15, 0.2) is 18.3 Å². The molecule has 1 unspecified atom stereocenters. The normalized spacial score (nSPS) is 21.3. The molecule has 4 rings (SSSR count). The van der Waals surface area contributed by atoms with E-state index in [-0.39, 0.29) is 12.0 Å². The Morgan fingerprint density at radius 1 is 1.17 bits per heavy atom. The highest BCUT2D eigenvalue weighted by Crippen LogP contribution is 2.43. The Hall–Kier alpha value is -1.90. The summed E-state index contributed by atoms with van der Waals surface area (Å²) in [7, 11) is 0. The molecule has 3 heterocycles. The quantitative estimate of drug-likeness (QED) is 0.839. The van der Waals surface area contributed by atoms with Crippen LogP contribution in [-0.4, -0.2) is 34.4 Å². The van der Waals surface area contributed by atoms with E-state index >= 15 is 0 Å². The number of pyridine rings is 1. The maximum absolute atomic E-state index is 12.5. The van der Waals surface area contributed by atoms with Gasteiger partial charge in [-0.15, -0.1) is 10.2 Å². The molecule has 0 bridgehead atoms. The summed E-state index contributed by atoms with van der Waals surface area (Å²) < 4.78 is 43.3. The smallest absolute Gasteiger partial charge is 0.417 e. The van der Waals surface area contributed by atoms with Gasteiger partial charge in [-0.3, -0.25) is 0 Å². The van der Waals surface area contributed by atoms with Crippen LogP contribution in [0.4, 0.5) is 18.3 Å². The van der Waals surface area contributed by atoms with Gasteiger partial charge in [-0.1, -0.05) is 11.3 Å². The molecule has 1 aliphatic heterocycles. The second-order valence-electron chi connectivity index (χ2n) is 6.05. The number of nitrogens with zero attached hydrogens (tertiary/aromatic N) is 4. The minimum atomic E-state index is -4.38. The van der Waals surface area contributed by atoms with Gasteiger partial charge < -0.3 is 9.64 Å². The summed E-state index contributed by atoms with van der Waals surface area (Å²) in [6, 6.07) is 2.25. The molecule has 24 heavy (non-hydrogen) atoms. The van der Waals surface area contributed by atoms with Crippen molar-refractivity contribution in [3.8, 4) is 5.88 Å². The summed E-state index contributed by atoms with van der Waals surface area (Å²) in [6.07, 6.45) is -0.523. The molecule has 0 spiro atoms. The third-order valence-corrected chi connectivity index (χ3v) is 5.27. The van der Waals surface area contributed by atoms with Crippen molar-refractivity contribution in [2.24, 2.45) is 0 Å². The van der Waals surface area contributed by atoms with Crippen LogP contribution in [0.5, 0.6) is 5.88 Å². The number of halogens is 3. The molecule has 0 amide bonds. The van der Waals surface area contributed by atoms with Crippen molar-refractivity contribution in [3.63, 3.8) is 0 Å². The summed E-state index contributed by atoms with van der Waals surface area (Å²) in [5.41, 5.74) is -0.774. The maximum atomic E-state index is 12.5. The number of anilines is 1. The molecule has 0 aromatic carbocycles. The van der Waals surface area contributed by atoms with E-state index in [9.17, 15) is 13.2 Å². The molecule has 9 heteroatoms. The van der Waals surface area contributed by atoms with Crippen LogP contribution in [0.3, 0.4) is 0 Å². The Morgan fingerprint density at radius 3 is 2.67 bits per heavy atom. The lowest BCUT2D eigenvalue weighted by Gasteiger charge is -2.15. The number of hydrogen-bond acceptors (Lipinski definition) is 6. The highest BCUT2D eigenvalue weighted by Gasteiger charge is 2.32. The molecular formula is C15H15F3N4OS. The van der Waals surface area contributed by atoms with Gasteiger partial charge in [0, 0.05) is 31.1 Å². The van der Waals surface area contributed by atoms with Crippen LogP contribution in [0.25, 0.3) is 0 Å². The van der Waals surface area contributed by atoms with Crippen molar-refractivity contribution in [3.05, 3.63) is 28.9 Å². The fraction of sp³-hybridized carbons (Fsp3) is 0.533. The fourth-order valence-electron chi connectivity index (χ4n) is 2.64. The molecule has 1 saturated heterocycles. The summed E-state index contributed by atoms with van der Waals surface area (Å²) in [6.45, 7) is 1.44. The Labute approximate surface area is 140 Å². The van der Waals surface area contributed by atoms with E-state index in [4.69, 9.17) is 4.74 Å². The Bertz CT molecular complexity index is 714. The number of alkyl halides is 3. The first-order valence-corrected chi connectivity index (χ1v) is 8.59. The molecule has 0 radical (unpaired) electrons. The molecular weight excluding hydrogens is 341 g/mol. The SMILES string of the molecule is FC(F)(F)c1ccc(OC2CCN(c3nnc(C4CC4)s3)C2)nc1. The van der Waals surface area contributed by atoms with Crippen LogP contribution in [0.2, 0.25) is 0 Å². The highest BCUT2D eigenvalue weighted by atomic mass is 32.1. The van der Waals surface area contributed by atoms with E-state index in [1.165, 1.54) is 18.9 Å². The fourth-order valence-corrected chi connectivity index (χ4v) is 3.68. The van der Waals surface area contributed by atoms with Crippen molar-refractivity contribution >= 4 is 16.5 Å². The molecule has 1 saturated carbocycles. The predicted octanol–water partition coefficient (Wildman–Crippen LogP) is 3.49. The minimum absolute atomic E-state index is 0.109. The van der Waals surface area contributed by atoms with Crippen LogP contribution in [-0.2, 0) is 6.18 Å². The van der Waals surface area contributed by atoms with Gasteiger partial charge in [0.1, 0.15) is 11.1 Å². The molecule has 1 atom stereocenters. The minimum Gasteiger partial charge on any atom is -0.472 e. The first kappa shape index (κ1) is 15.6. The predicted molar refractivity (Wildman–Crippen MR) is 82.4 cm³/mol. The molecule has 128 valence electrons. The highest BCUT2D eigenvalue weighted by molar-refractivity contribution is 7.15. The van der Waals surface area contributed by atoms with Crippen molar-refractivity contribution in [2.75, 3.05) is 18.0 Å². The summed E-state index contributed by atoms with van der Waals surface area (Å²) >= 11 is 1.62. The average Bonchev–Trinajstić information content (AvgIpc) is 3.08. The van der Waals surface area contributed by atoms with Gasteiger partial charge in [0.15, 0.2) is 0 Å². The van der Waals surface area contributed by atoms with E-state index < -0.39 is 11.7 Å². The number of hydrogen-bond donors (Lipinski definition) is 0. The van der Waals surface area contributed by atoms with Crippen LogP contribution >= 0.6 is 11.3 Å². The van der Waals surface area contributed by atoms with Gasteiger partial charge in [0.2, 0.25) is 11.0 Å². The second-order valence-corrected chi connectivity index (χ2v) is 7.04. The standard InChI is InChI=1S/C15H15F3N4OS/c16-15(17,18)10-3-4-12(19-7-10)23-11-5-6-22(8-11)14-21-20-13(24-14)9-1-2-9/h3-4,7,9,11H,1-2,5-6,8H2. The van der Waals surface area contributed by atoms with Gasteiger partial charge in [0.25, 0.3) is 0 Å². The van der Waals surface area contributed by atoms with E-state index in [1.807, 2.05) is 0 Å². The lowest BCUT2D eigenvalue weighted by atomic mass is 10.3. The monoisotopic (exact) mass is 356 g/mol. The number of rotatable bonds is 4. The van der Waals surface area contributed by atoms with Crippen LogP contribution in [0, 0.1) is 0 Å². The largest absolute Gasteiger partial charge is 0.472 e. The van der Waals surface area contributed by atoms with Gasteiger partial charge >= 0.3 is 6.18 Å². The maximum Gasteiger partial charge on any atom is 0.417 e. The molecule has 2 aromatic rings. The third kappa shape index (κ3) is 3.31. The Balaban J connectivity index is 1.36. The summed E-state index contributed by atoms with van der Waals surface area (Å²) in [4.78, 5) is 5.87. The van der Waals surface area contributed by atoms with E-state index in [1.54, 1.807) is 11.3 Å². The number of aromatic nitrogens is 3. The zero-order valence-corrected chi connectivity index (χ0v) is 13.5. The molecule has 0 N–H and O–H groups in total. The van der Waals surface area contributed by atoms with Crippen molar-refractivity contribution in [1.29, 1.82) is 0 Å². The molecule has 2 fully saturated rings. The van der Waals surface area contributed by atoms with Gasteiger partial charge in [-0.05, 0) is 18.9 Å². The third-order valence-electron chi connectivity index (χ3n) is 4.12. The average molecular weight is 356 g/mol. The van der Waals surface area contributed by atoms with Crippen LogP contribution < -0.4 is 9.64 Å². The van der Waals surface area contributed by atoms with E-state index in [0.717, 1.165) is 35.4 Å². The summed E-state index contributed by atoms with van der Waals surface area (Å²) in [5, 5.41) is 10.5. The van der Waals surface area contributed by atoms with Gasteiger partial charge in [0.05, 0.1) is 12.1 Å². The van der Waals surface area contributed by atoms with Gasteiger partial charge in [-0.25, -0.2) is 4.98 Å². The molecule has 2 aliphatic rings. The first-order chi connectivity index (χ1) is 11.5. The molecule has 1 aliphatic carbocycles. The number of ether oxygens (including phenoxy) is 1. The topological polar surface area (TPSA) is 51.1 Å². The van der Waals surface area contributed by atoms with Crippen LogP contribution in [0.1, 0.15) is 35.8 Å². The molecule has 2 aromatic heterocycles. The van der Waals surface area contributed by atoms with Crippen molar-refractivity contribution < 1.29 is 17.9 Å². The second kappa shape index (κ2) is 5.87. The van der Waals surface area contributed by atoms with Crippen molar-refractivity contribution in [2.45, 2.75) is 37.5 Å². The van der Waals surface area contributed by atoms with Crippen molar-refractivity contribution in [1.82, 2.24) is 15.2 Å². The zero-order valence-electron chi connectivity index (χ0n) is 12.7. The Kier molecular flexibility index (Phi) is 3.82. The molecule has 5 nitrogen and oxygen atoms in total. The van der Waals surface area contributed by atoms with Gasteiger partial charge in [-0.2, -0.15) is 13.2 Å². The lowest BCUT2D eigenvalue weighted by molar-refractivity contribution is -0.137.